The number of hydrogen-bond acceptors (Lipinski definition) is 4. The topological polar surface area (TPSA) is 61.7 Å². The van der Waals surface area contributed by atoms with E-state index in [1.807, 2.05) is 5.48 Å². The van der Waals surface area contributed by atoms with Gasteiger partial charge in [0.25, 0.3) is 0 Å². The molecule has 0 aromatic heterocycles. The van der Waals surface area contributed by atoms with Crippen LogP contribution in [0.15, 0.2) is 29.4 Å². The van der Waals surface area contributed by atoms with Gasteiger partial charge < -0.3 is 0 Å². The summed E-state index contributed by atoms with van der Waals surface area (Å²) in [6, 6.07) is 6.23. The van der Waals surface area contributed by atoms with Gasteiger partial charge in [0.2, 0.25) is 0 Å². The van der Waals surface area contributed by atoms with Crippen LogP contribution in [0.5, 0.6) is 0 Å². The third-order valence-corrected chi connectivity index (χ3v) is 1.08. The second-order valence-electron chi connectivity index (χ2n) is 1.75. The van der Waals surface area contributed by atoms with Crippen molar-refractivity contribution in [1.29, 1.82) is 0 Å². The third-order valence-electron chi connectivity index (χ3n) is 1.08. The molecule has 0 saturated carbocycles. The van der Waals surface area contributed by atoms with Gasteiger partial charge in [-0.1, -0.05) is 6.07 Å². The molecule has 0 radical (unpaired) electrons. The van der Waals surface area contributed by atoms with Crippen molar-refractivity contribution in [3.05, 3.63) is 29.2 Å². The van der Waals surface area contributed by atoms with E-state index in [9.17, 15) is 4.91 Å². The third kappa shape index (κ3) is 2.68. The van der Waals surface area contributed by atoms with Crippen molar-refractivity contribution < 1.29 is 5.21 Å². The average molecular weight is 168 g/mol. The van der Waals surface area contributed by atoms with Crippen molar-refractivity contribution in [2.75, 3.05) is 5.48 Å². The van der Waals surface area contributed by atoms with Crippen LogP contribution in [0, 0.1) is 4.91 Å². The van der Waals surface area contributed by atoms with Gasteiger partial charge in [0.1, 0.15) is 5.69 Å². The van der Waals surface area contributed by atoms with E-state index >= 15 is 0 Å². The smallest absolute Gasteiger partial charge is 0.187 e. The van der Waals surface area contributed by atoms with Crippen LogP contribution in [0.3, 0.4) is 0 Å². The maximum absolute atomic E-state index is 9.92. The molecule has 1 rings (SSSR count). The SMILES string of the molecule is O=Nc1cccc(NO)c1.[AlH3]. The highest BCUT2D eigenvalue weighted by Crippen LogP contribution is 2.16. The first-order valence-corrected chi connectivity index (χ1v) is 2.70. The van der Waals surface area contributed by atoms with Crippen LogP contribution in [0.4, 0.5) is 11.4 Å². The quantitative estimate of drug-likeness (QED) is 0.388. The highest BCUT2D eigenvalue weighted by Gasteiger charge is 1.91. The van der Waals surface area contributed by atoms with Gasteiger partial charge in [0, 0.05) is 0 Å². The van der Waals surface area contributed by atoms with E-state index in [2.05, 4.69) is 5.18 Å². The first-order valence-electron chi connectivity index (χ1n) is 2.70. The molecule has 5 heteroatoms. The Balaban J connectivity index is 0.000001000. The number of nitroso groups, excluding NO2 is 1. The lowest BCUT2D eigenvalue weighted by atomic mass is 10.3. The van der Waals surface area contributed by atoms with Crippen molar-refractivity contribution >= 4 is 28.7 Å². The summed E-state index contributed by atoms with van der Waals surface area (Å²) >= 11 is 0. The lowest BCUT2D eigenvalue weighted by molar-refractivity contribution is 0.389. The van der Waals surface area contributed by atoms with Crippen LogP contribution in [-0.4, -0.2) is 22.6 Å². The van der Waals surface area contributed by atoms with E-state index in [-0.39, 0.29) is 17.4 Å². The predicted octanol–water partition coefficient (Wildman–Crippen LogP) is 0.702. The van der Waals surface area contributed by atoms with Gasteiger partial charge >= 0.3 is 0 Å². The Labute approximate surface area is 74.3 Å². The number of nitrogens with zero attached hydrogens (tertiary/aromatic N) is 1. The second-order valence-corrected chi connectivity index (χ2v) is 1.75. The van der Waals surface area contributed by atoms with Crippen LogP contribution in [0.25, 0.3) is 0 Å². The molecule has 0 aliphatic carbocycles. The van der Waals surface area contributed by atoms with E-state index in [1.165, 1.54) is 6.07 Å². The Morgan fingerprint density at radius 3 is 2.73 bits per heavy atom. The fourth-order valence-corrected chi connectivity index (χ4v) is 0.632. The van der Waals surface area contributed by atoms with E-state index in [0.29, 0.717) is 11.4 Å². The molecule has 58 valence electrons. The molecule has 4 nitrogen and oxygen atoms in total. The molecule has 0 aliphatic rings. The van der Waals surface area contributed by atoms with Crippen molar-refractivity contribution in [3.63, 3.8) is 0 Å². The van der Waals surface area contributed by atoms with E-state index in [1.54, 1.807) is 18.2 Å². The molecular weight excluding hydrogens is 159 g/mol. The van der Waals surface area contributed by atoms with E-state index in [4.69, 9.17) is 5.21 Å². The van der Waals surface area contributed by atoms with Crippen LogP contribution in [0.1, 0.15) is 0 Å². The van der Waals surface area contributed by atoms with Gasteiger partial charge in [0.05, 0.1) is 5.69 Å². The molecule has 1 aromatic rings. The maximum Gasteiger partial charge on any atom is 0.187 e. The first-order chi connectivity index (χ1) is 4.86. The Morgan fingerprint density at radius 1 is 1.45 bits per heavy atom. The minimum atomic E-state index is 0. The molecule has 0 unspecified atom stereocenters. The van der Waals surface area contributed by atoms with Gasteiger partial charge in [-0.3, -0.25) is 10.7 Å². The first kappa shape index (κ1) is 10.1. The highest BCUT2D eigenvalue weighted by atomic mass is 27.0. The molecule has 2 N–H and O–H groups in total. The second kappa shape index (κ2) is 4.86. The van der Waals surface area contributed by atoms with Crippen molar-refractivity contribution in [1.82, 2.24) is 0 Å². The van der Waals surface area contributed by atoms with Crippen LogP contribution in [-0.2, 0) is 0 Å². The normalized spacial score (nSPS) is 8.09. The minimum Gasteiger partial charge on any atom is -0.291 e. The summed E-state index contributed by atoms with van der Waals surface area (Å²) in [6.45, 7) is 0. The van der Waals surface area contributed by atoms with Crippen molar-refractivity contribution in [3.8, 4) is 0 Å². The Hall–Kier alpha value is -0.888. The molecule has 0 fully saturated rings. The summed E-state index contributed by atoms with van der Waals surface area (Å²) in [5.74, 6) is 0. The van der Waals surface area contributed by atoms with Crippen molar-refractivity contribution in [2.45, 2.75) is 0 Å². The summed E-state index contributed by atoms with van der Waals surface area (Å²) < 4.78 is 0. The number of benzene rings is 1. The Morgan fingerprint density at radius 2 is 2.18 bits per heavy atom. The molecule has 0 bridgehead atoms. The molecule has 0 heterocycles. The van der Waals surface area contributed by atoms with Gasteiger partial charge in [-0.25, -0.2) is 0 Å². The number of rotatable bonds is 2. The molecule has 11 heavy (non-hydrogen) atoms. The maximum atomic E-state index is 9.92. The molecule has 0 saturated heterocycles. The lowest BCUT2D eigenvalue weighted by Gasteiger charge is -1.95. The van der Waals surface area contributed by atoms with E-state index in [0.717, 1.165) is 0 Å². The predicted molar refractivity (Wildman–Crippen MR) is 47.2 cm³/mol. The molecule has 0 spiro atoms. The fourth-order valence-electron chi connectivity index (χ4n) is 0.632. The average Bonchev–Trinajstić information content (AvgIpc) is 2.05. The summed E-state index contributed by atoms with van der Waals surface area (Å²) in [4.78, 5) is 9.92. The minimum absolute atomic E-state index is 0. The monoisotopic (exact) mass is 168 g/mol. The summed E-state index contributed by atoms with van der Waals surface area (Å²) in [7, 11) is 0. The molecule has 0 aliphatic heterocycles. The molecule has 0 amide bonds. The Kier molecular flexibility index (Phi) is 4.46. The van der Waals surface area contributed by atoms with Crippen molar-refractivity contribution in [2.24, 2.45) is 5.18 Å². The van der Waals surface area contributed by atoms with Gasteiger partial charge in [-0.15, -0.1) is 4.91 Å². The zero-order valence-corrected chi connectivity index (χ0v) is 5.11. The summed E-state index contributed by atoms with van der Waals surface area (Å²) in [5.41, 5.74) is 2.65. The fraction of sp³-hybridized carbons (Fsp3) is 0. The van der Waals surface area contributed by atoms with Gasteiger partial charge in [0.15, 0.2) is 17.4 Å². The van der Waals surface area contributed by atoms with Gasteiger partial charge in [-0.05, 0) is 23.4 Å². The molecule has 0 atom stereocenters. The highest BCUT2D eigenvalue weighted by molar-refractivity contribution is 5.75. The number of hydrogen-bond donors (Lipinski definition) is 2. The van der Waals surface area contributed by atoms with E-state index < -0.39 is 0 Å². The zero-order chi connectivity index (χ0) is 7.40. The van der Waals surface area contributed by atoms with Crippen LogP contribution in [0.2, 0.25) is 0 Å². The summed E-state index contributed by atoms with van der Waals surface area (Å²) in [5, 5.41) is 11.0. The van der Waals surface area contributed by atoms with Gasteiger partial charge in [-0.2, -0.15) is 0 Å². The van der Waals surface area contributed by atoms with Crippen LogP contribution >= 0.6 is 0 Å². The number of anilines is 1. The van der Waals surface area contributed by atoms with Crippen LogP contribution < -0.4 is 5.48 Å². The zero-order valence-electron chi connectivity index (χ0n) is 5.11. The standard InChI is InChI=1S/C6H6N2O2.Al.3H/c9-7-5-2-1-3-6(4-5)8-10;;;;/h1-4,7,9H;;;;. The molecule has 1 aromatic carbocycles. The number of nitrogens with one attached hydrogen (secondary N) is 1. The summed E-state index contributed by atoms with van der Waals surface area (Å²) in [6.07, 6.45) is 0. The largest absolute Gasteiger partial charge is 0.291 e. The Bertz CT molecular complexity index is 242. The lowest BCUT2D eigenvalue weighted by Crippen LogP contribution is -1.86. The molecular formula is C6H9AlN2O2.